The lowest BCUT2D eigenvalue weighted by atomic mass is 10.0. The molecule has 1 fully saturated rings. The van der Waals surface area contributed by atoms with Gasteiger partial charge in [-0.3, -0.25) is 14.3 Å². The van der Waals surface area contributed by atoms with Crippen molar-refractivity contribution >= 4 is 52.0 Å². The van der Waals surface area contributed by atoms with Gasteiger partial charge < -0.3 is 14.8 Å². The van der Waals surface area contributed by atoms with Gasteiger partial charge in [0.25, 0.3) is 11.5 Å². The van der Waals surface area contributed by atoms with Crippen molar-refractivity contribution in [3.8, 4) is 0 Å². The fraction of sp³-hybridized carbons (Fsp3) is 0.400. The van der Waals surface area contributed by atoms with Crippen LogP contribution in [0.5, 0.6) is 0 Å². The maximum Gasteiger partial charge on any atom is 0.281 e. The Labute approximate surface area is 255 Å². The van der Waals surface area contributed by atoms with Crippen LogP contribution in [0.2, 0.25) is 5.15 Å². The summed E-state index contributed by atoms with van der Waals surface area (Å²) in [7, 11) is 1.68. The summed E-state index contributed by atoms with van der Waals surface area (Å²) in [6.45, 7) is 10.4. The minimum Gasteiger partial charge on any atom is -0.377 e. The Morgan fingerprint density at radius 1 is 1.17 bits per heavy atom. The van der Waals surface area contributed by atoms with Gasteiger partial charge in [-0.15, -0.1) is 0 Å². The number of fused-ring (bicyclic) bond motifs is 1. The number of benzene rings is 1. The Hall–Kier alpha value is -3.70. The minimum absolute atomic E-state index is 0.102. The standard InChI is InChI=1S/C19H20ClN5O2S.C11H17N3/c1-10-7-12(16-13(8-10)19(27)25(3)9-21-16)11(2)22-14-5-6-15(20)23-17(14)18(26)24-28-4;1-9-4-3-7-14(8-9)11-12-6-5-10(2)13-11/h5-9,11,22H,1-4H3,(H,24,26);5-6,9H,3-4,7-8H2,1-2H3. The number of halogens is 1. The Balaban J connectivity index is 0.000000241. The number of carbonyl (C=O) groups excluding carboxylic acids is 1. The van der Waals surface area contributed by atoms with Gasteiger partial charge in [0.05, 0.1) is 29.0 Å². The number of hydrogen-bond donors (Lipinski definition) is 2. The highest BCUT2D eigenvalue weighted by Gasteiger charge is 2.20. The molecule has 0 bridgehead atoms. The maximum atomic E-state index is 12.5. The number of amides is 1. The number of nitrogens with zero attached hydrogens (tertiary/aromatic N) is 6. The molecular formula is C30H37ClN8O2S. The van der Waals surface area contributed by atoms with E-state index in [0.717, 1.165) is 41.8 Å². The molecule has 222 valence electrons. The third kappa shape index (κ3) is 7.57. The molecule has 2 N–H and O–H groups in total. The molecule has 0 radical (unpaired) electrons. The summed E-state index contributed by atoms with van der Waals surface area (Å²) in [5, 5.41) is 4.10. The van der Waals surface area contributed by atoms with Gasteiger partial charge in [-0.2, -0.15) is 0 Å². The molecule has 1 amide bonds. The van der Waals surface area contributed by atoms with Crippen molar-refractivity contribution in [2.24, 2.45) is 13.0 Å². The molecule has 4 heterocycles. The minimum atomic E-state index is -0.342. The van der Waals surface area contributed by atoms with Gasteiger partial charge >= 0.3 is 0 Å². The normalized spacial score (nSPS) is 15.5. The molecule has 2 unspecified atom stereocenters. The predicted molar refractivity (Wildman–Crippen MR) is 171 cm³/mol. The van der Waals surface area contributed by atoms with Crippen LogP contribution in [0, 0.1) is 19.8 Å². The second kappa shape index (κ2) is 14.0. The summed E-state index contributed by atoms with van der Waals surface area (Å²) in [6, 6.07) is 8.86. The highest BCUT2D eigenvalue weighted by atomic mass is 35.5. The van der Waals surface area contributed by atoms with Crippen LogP contribution >= 0.6 is 23.5 Å². The third-order valence-corrected chi connectivity index (χ3v) is 7.63. The first-order valence-corrected chi connectivity index (χ1v) is 15.4. The lowest BCUT2D eigenvalue weighted by Gasteiger charge is -2.30. The molecule has 42 heavy (non-hydrogen) atoms. The van der Waals surface area contributed by atoms with E-state index in [4.69, 9.17) is 11.6 Å². The van der Waals surface area contributed by atoms with Crippen LogP contribution in [0.4, 0.5) is 11.6 Å². The summed E-state index contributed by atoms with van der Waals surface area (Å²) in [5.41, 5.74) is 4.14. The number of piperidine rings is 1. The van der Waals surface area contributed by atoms with Crippen LogP contribution in [0.1, 0.15) is 60.0 Å². The van der Waals surface area contributed by atoms with E-state index >= 15 is 0 Å². The Bertz CT molecular complexity index is 1630. The average Bonchev–Trinajstić information content (AvgIpc) is 2.96. The van der Waals surface area contributed by atoms with Crippen molar-refractivity contribution in [1.29, 1.82) is 0 Å². The number of aromatic nitrogens is 5. The smallest absolute Gasteiger partial charge is 0.281 e. The number of anilines is 2. The largest absolute Gasteiger partial charge is 0.377 e. The van der Waals surface area contributed by atoms with Crippen LogP contribution in [0.15, 0.2) is 47.7 Å². The summed E-state index contributed by atoms with van der Waals surface area (Å²) in [4.78, 5) is 44.5. The number of rotatable bonds is 6. The Morgan fingerprint density at radius 2 is 1.95 bits per heavy atom. The first-order chi connectivity index (χ1) is 20.1. The van der Waals surface area contributed by atoms with Gasteiger partial charge in [0.1, 0.15) is 5.15 Å². The highest BCUT2D eigenvalue weighted by molar-refractivity contribution is 7.97. The molecule has 12 heteroatoms. The number of nitrogens with one attached hydrogen (secondary N) is 2. The maximum absolute atomic E-state index is 12.5. The number of carbonyl (C=O) groups is 1. The van der Waals surface area contributed by atoms with Gasteiger partial charge in [0.2, 0.25) is 5.95 Å². The van der Waals surface area contributed by atoms with E-state index in [2.05, 4.69) is 41.8 Å². The second-order valence-electron chi connectivity index (χ2n) is 10.6. The summed E-state index contributed by atoms with van der Waals surface area (Å²) in [6.07, 6.45) is 7.71. The van der Waals surface area contributed by atoms with E-state index in [0.29, 0.717) is 16.6 Å². The van der Waals surface area contributed by atoms with Crippen molar-refractivity contribution in [2.45, 2.75) is 46.6 Å². The van der Waals surface area contributed by atoms with Crippen LogP contribution in [-0.4, -0.2) is 49.8 Å². The molecular weight excluding hydrogens is 572 g/mol. The molecule has 1 saturated heterocycles. The molecule has 5 rings (SSSR count). The van der Waals surface area contributed by atoms with Crippen molar-refractivity contribution in [3.63, 3.8) is 0 Å². The van der Waals surface area contributed by atoms with Crippen LogP contribution in [0.3, 0.4) is 0 Å². The first kappa shape index (κ1) is 31.2. The number of hydrogen-bond acceptors (Lipinski definition) is 9. The van der Waals surface area contributed by atoms with E-state index in [-0.39, 0.29) is 28.4 Å². The quantitative estimate of drug-likeness (QED) is 0.216. The topological polar surface area (TPSA) is 118 Å². The van der Waals surface area contributed by atoms with Crippen molar-refractivity contribution < 1.29 is 4.79 Å². The predicted octanol–water partition coefficient (Wildman–Crippen LogP) is 5.49. The molecule has 0 spiro atoms. The van der Waals surface area contributed by atoms with Gasteiger partial charge in [-0.25, -0.2) is 19.9 Å². The van der Waals surface area contributed by atoms with Crippen LogP contribution in [0.25, 0.3) is 10.9 Å². The second-order valence-corrected chi connectivity index (χ2v) is 11.6. The molecule has 1 aliphatic rings. The molecule has 1 aliphatic heterocycles. The van der Waals surface area contributed by atoms with Crippen molar-refractivity contribution in [1.82, 2.24) is 29.2 Å². The van der Waals surface area contributed by atoms with Crippen molar-refractivity contribution in [3.05, 3.63) is 80.9 Å². The van der Waals surface area contributed by atoms with E-state index in [1.165, 1.54) is 35.7 Å². The summed E-state index contributed by atoms with van der Waals surface area (Å²) < 4.78 is 4.11. The fourth-order valence-corrected chi connectivity index (χ4v) is 5.40. The van der Waals surface area contributed by atoms with Gasteiger partial charge in [-0.1, -0.05) is 36.5 Å². The van der Waals surface area contributed by atoms with E-state index < -0.39 is 0 Å². The lowest BCUT2D eigenvalue weighted by molar-refractivity contribution is 0.0980. The molecule has 0 aliphatic carbocycles. The van der Waals surface area contributed by atoms with Crippen molar-refractivity contribution in [2.75, 3.05) is 29.6 Å². The molecule has 1 aromatic carbocycles. The monoisotopic (exact) mass is 608 g/mol. The van der Waals surface area contributed by atoms with Crippen LogP contribution < -0.4 is 20.5 Å². The van der Waals surface area contributed by atoms with E-state index in [1.807, 2.05) is 45.2 Å². The highest BCUT2D eigenvalue weighted by Crippen LogP contribution is 2.28. The molecule has 2 atom stereocenters. The fourth-order valence-electron chi connectivity index (χ4n) is 4.97. The van der Waals surface area contributed by atoms with E-state index in [1.54, 1.807) is 25.4 Å². The van der Waals surface area contributed by atoms with Gasteiger partial charge in [0, 0.05) is 43.8 Å². The molecule has 10 nitrogen and oxygen atoms in total. The average molecular weight is 609 g/mol. The zero-order valence-electron chi connectivity index (χ0n) is 24.8. The Morgan fingerprint density at radius 3 is 2.67 bits per heavy atom. The first-order valence-electron chi connectivity index (χ1n) is 13.8. The summed E-state index contributed by atoms with van der Waals surface area (Å²) >= 11 is 7.16. The zero-order valence-corrected chi connectivity index (χ0v) is 26.4. The number of aryl methyl sites for hydroxylation is 3. The number of pyridine rings is 1. The zero-order chi connectivity index (χ0) is 30.4. The third-order valence-electron chi connectivity index (χ3n) is 7.03. The van der Waals surface area contributed by atoms with Gasteiger partial charge in [-0.05, 0) is 69.4 Å². The SMILES string of the molecule is CSNC(=O)c1nc(Cl)ccc1NC(C)c1cc(C)cc2c(=O)n(C)cnc12.Cc1ccnc(N2CCCC(C)C2)n1. The van der Waals surface area contributed by atoms with Crippen LogP contribution in [-0.2, 0) is 7.05 Å². The lowest BCUT2D eigenvalue weighted by Crippen LogP contribution is -2.35. The van der Waals surface area contributed by atoms with E-state index in [9.17, 15) is 9.59 Å². The molecule has 3 aromatic heterocycles. The Kier molecular flexibility index (Phi) is 10.4. The molecule has 4 aromatic rings. The van der Waals surface area contributed by atoms with Gasteiger partial charge in [0.15, 0.2) is 5.69 Å². The summed E-state index contributed by atoms with van der Waals surface area (Å²) in [5.74, 6) is 1.33. The molecule has 0 saturated carbocycles.